The summed E-state index contributed by atoms with van der Waals surface area (Å²) in [6.07, 6.45) is 1.61. The summed E-state index contributed by atoms with van der Waals surface area (Å²) in [5.74, 6) is 0.936. The van der Waals surface area contributed by atoms with E-state index in [4.69, 9.17) is 9.47 Å². The van der Waals surface area contributed by atoms with Crippen LogP contribution in [0.5, 0.6) is 11.5 Å². The first-order valence-corrected chi connectivity index (χ1v) is 11.1. The van der Waals surface area contributed by atoms with E-state index in [-0.39, 0.29) is 24.4 Å². The molecule has 0 bridgehead atoms. The Morgan fingerprint density at radius 3 is 2.75 bits per heavy atom. The Kier molecular flexibility index (Phi) is 6.61. The van der Waals surface area contributed by atoms with Crippen LogP contribution in [-0.4, -0.2) is 29.3 Å². The number of nitrogens with zero attached hydrogens (tertiary/aromatic N) is 1. The van der Waals surface area contributed by atoms with E-state index in [0.717, 1.165) is 11.1 Å². The number of fused-ring (bicyclic) bond motifs is 1. The van der Waals surface area contributed by atoms with Crippen LogP contribution in [0, 0.1) is 13.8 Å². The standard InChI is InChI=1S/C24H23N3O4S/c1-15-5-6-17(16(2)10-15)12-26-23(29)19-4-3-9-25-24(19)32-13-22(28)27-18-7-8-20-21(11-18)31-14-30-20/h3-11H,12-14H2,1-2H3,(H,26,29)(H,27,28). The fraction of sp³-hybridized carbons (Fsp3) is 0.208. The molecule has 2 aromatic carbocycles. The number of nitrogens with one attached hydrogen (secondary N) is 2. The van der Waals surface area contributed by atoms with Crippen molar-refractivity contribution >= 4 is 29.3 Å². The lowest BCUT2D eigenvalue weighted by atomic mass is 10.1. The van der Waals surface area contributed by atoms with Crippen molar-refractivity contribution in [1.29, 1.82) is 0 Å². The Morgan fingerprint density at radius 1 is 1.06 bits per heavy atom. The molecular formula is C24H23N3O4S. The van der Waals surface area contributed by atoms with Crippen molar-refractivity contribution in [2.45, 2.75) is 25.4 Å². The van der Waals surface area contributed by atoms with Crippen LogP contribution in [0.15, 0.2) is 59.8 Å². The van der Waals surface area contributed by atoms with E-state index in [2.05, 4.69) is 21.7 Å². The van der Waals surface area contributed by atoms with Gasteiger partial charge in [-0.05, 0) is 49.2 Å². The van der Waals surface area contributed by atoms with E-state index in [1.165, 1.54) is 17.3 Å². The van der Waals surface area contributed by atoms with Gasteiger partial charge >= 0.3 is 0 Å². The normalized spacial score (nSPS) is 11.8. The minimum atomic E-state index is -0.225. The molecule has 164 valence electrons. The lowest BCUT2D eigenvalue weighted by molar-refractivity contribution is -0.113. The second kappa shape index (κ2) is 9.74. The zero-order valence-corrected chi connectivity index (χ0v) is 18.6. The lowest BCUT2D eigenvalue weighted by Crippen LogP contribution is -2.24. The molecule has 0 atom stereocenters. The summed E-state index contributed by atoms with van der Waals surface area (Å²) in [5.41, 5.74) is 4.43. The van der Waals surface area contributed by atoms with Crippen molar-refractivity contribution in [1.82, 2.24) is 10.3 Å². The number of thioether (sulfide) groups is 1. The number of aryl methyl sites for hydroxylation is 2. The molecule has 7 nitrogen and oxygen atoms in total. The quantitative estimate of drug-likeness (QED) is 0.528. The van der Waals surface area contributed by atoms with Crippen LogP contribution in [-0.2, 0) is 11.3 Å². The average Bonchev–Trinajstić information content (AvgIpc) is 3.25. The van der Waals surface area contributed by atoms with Gasteiger partial charge in [0.05, 0.1) is 11.3 Å². The molecule has 2 amide bonds. The highest BCUT2D eigenvalue weighted by Crippen LogP contribution is 2.34. The highest BCUT2D eigenvalue weighted by atomic mass is 32.2. The third-order valence-electron chi connectivity index (χ3n) is 4.95. The van der Waals surface area contributed by atoms with E-state index in [0.29, 0.717) is 34.3 Å². The van der Waals surface area contributed by atoms with Gasteiger partial charge in [-0.3, -0.25) is 9.59 Å². The summed E-state index contributed by atoms with van der Waals surface area (Å²) in [7, 11) is 0. The summed E-state index contributed by atoms with van der Waals surface area (Å²) >= 11 is 1.22. The zero-order chi connectivity index (χ0) is 22.5. The van der Waals surface area contributed by atoms with Gasteiger partial charge in [-0.1, -0.05) is 35.5 Å². The molecule has 2 N–H and O–H groups in total. The number of anilines is 1. The molecule has 0 aliphatic carbocycles. The highest BCUT2D eigenvalue weighted by Gasteiger charge is 2.16. The first kappa shape index (κ1) is 21.7. The van der Waals surface area contributed by atoms with Crippen molar-refractivity contribution in [2.24, 2.45) is 0 Å². The third-order valence-corrected chi connectivity index (χ3v) is 5.95. The summed E-state index contributed by atoms with van der Waals surface area (Å²) < 4.78 is 10.6. The van der Waals surface area contributed by atoms with Crippen molar-refractivity contribution < 1.29 is 19.1 Å². The monoisotopic (exact) mass is 449 g/mol. The van der Waals surface area contributed by atoms with Gasteiger partial charge in [0.25, 0.3) is 5.91 Å². The Balaban J connectivity index is 1.35. The number of hydrogen-bond acceptors (Lipinski definition) is 6. The number of benzene rings is 2. The van der Waals surface area contributed by atoms with Crippen molar-refractivity contribution in [3.8, 4) is 11.5 Å². The van der Waals surface area contributed by atoms with Crippen LogP contribution in [0.2, 0.25) is 0 Å². The summed E-state index contributed by atoms with van der Waals surface area (Å²) in [6.45, 7) is 4.67. The Morgan fingerprint density at radius 2 is 1.91 bits per heavy atom. The molecule has 1 aliphatic heterocycles. The first-order valence-electron chi connectivity index (χ1n) is 10.1. The Bertz CT molecular complexity index is 1170. The van der Waals surface area contributed by atoms with E-state index in [1.807, 2.05) is 26.0 Å². The number of amides is 2. The van der Waals surface area contributed by atoms with Crippen LogP contribution in [0.3, 0.4) is 0 Å². The number of hydrogen-bond donors (Lipinski definition) is 2. The van der Waals surface area contributed by atoms with E-state index < -0.39 is 0 Å². The maximum Gasteiger partial charge on any atom is 0.254 e. The molecule has 0 spiro atoms. The second-order valence-corrected chi connectivity index (χ2v) is 8.34. The van der Waals surface area contributed by atoms with Crippen molar-refractivity contribution in [2.75, 3.05) is 17.9 Å². The summed E-state index contributed by atoms with van der Waals surface area (Å²) in [6, 6.07) is 14.8. The molecule has 32 heavy (non-hydrogen) atoms. The molecule has 4 rings (SSSR count). The number of carbonyl (C=O) groups excluding carboxylic acids is 2. The maximum absolute atomic E-state index is 12.8. The molecule has 0 saturated heterocycles. The van der Waals surface area contributed by atoms with E-state index in [1.54, 1.807) is 36.5 Å². The molecule has 8 heteroatoms. The summed E-state index contributed by atoms with van der Waals surface area (Å²) in [5, 5.41) is 6.28. The topological polar surface area (TPSA) is 89.6 Å². The predicted octanol–water partition coefficient (Wildman–Crippen LogP) is 4.09. The first-order chi connectivity index (χ1) is 15.5. The van der Waals surface area contributed by atoms with Crippen LogP contribution >= 0.6 is 11.8 Å². The van der Waals surface area contributed by atoms with Gasteiger partial charge < -0.3 is 20.1 Å². The molecule has 0 unspecified atom stereocenters. The van der Waals surface area contributed by atoms with E-state index >= 15 is 0 Å². The Labute approximate surface area is 190 Å². The number of rotatable bonds is 7. The molecule has 0 radical (unpaired) electrons. The zero-order valence-electron chi connectivity index (χ0n) is 17.8. The van der Waals surface area contributed by atoms with Crippen LogP contribution in [0.4, 0.5) is 5.69 Å². The number of aromatic nitrogens is 1. The molecule has 1 aromatic heterocycles. The smallest absolute Gasteiger partial charge is 0.254 e. The molecule has 0 saturated carbocycles. The summed E-state index contributed by atoms with van der Waals surface area (Å²) in [4.78, 5) is 29.5. The minimum absolute atomic E-state index is 0.114. The molecule has 0 fully saturated rings. The van der Waals surface area contributed by atoms with Gasteiger partial charge in [-0.25, -0.2) is 4.98 Å². The highest BCUT2D eigenvalue weighted by molar-refractivity contribution is 8.00. The van der Waals surface area contributed by atoms with Gasteiger partial charge in [0.15, 0.2) is 11.5 Å². The fourth-order valence-electron chi connectivity index (χ4n) is 3.30. The number of carbonyl (C=O) groups is 2. The van der Waals surface area contributed by atoms with Crippen molar-refractivity contribution in [3.63, 3.8) is 0 Å². The van der Waals surface area contributed by atoms with Gasteiger partial charge in [0.1, 0.15) is 5.03 Å². The average molecular weight is 450 g/mol. The van der Waals surface area contributed by atoms with Crippen molar-refractivity contribution in [3.05, 3.63) is 77.0 Å². The van der Waals surface area contributed by atoms with Gasteiger partial charge in [-0.2, -0.15) is 0 Å². The SMILES string of the molecule is Cc1ccc(CNC(=O)c2cccnc2SCC(=O)Nc2ccc3c(c2)OCO3)c(C)c1. The Hall–Kier alpha value is -3.52. The third kappa shape index (κ3) is 5.20. The molecule has 3 aromatic rings. The molecule has 1 aliphatic rings. The second-order valence-electron chi connectivity index (χ2n) is 7.37. The van der Waals surface area contributed by atoms with Crippen LogP contribution in [0.25, 0.3) is 0 Å². The molecular weight excluding hydrogens is 426 g/mol. The number of ether oxygens (including phenoxy) is 2. The van der Waals surface area contributed by atoms with Gasteiger partial charge in [0, 0.05) is 24.5 Å². The van der Waals surface area contributed by atoms with Crippen LogP contribution < -0.4 is 20.1 Å². The minimum Gasteiger partial charge on any atom is -0.454 e. The van der Waals surface area contributed by atoms with Crippen LogP contribution in [0.1, 0.15) is 27.0 Å². The van der Waals surface area contributed by atoms with E-state index in [9.17, 15) is 9.59 Å². The van der Waals surface area contributed by atoms with Gasteiger partial charge in [0.2, 0.25) is 12.7 Å². The predicted molar refractivity (Wildman–Crippen MR) is 123 cm³/mol. The fourth-order valence-corrected chi connectivity index (χ4v) is 4.09. The number of pyridine rings is 1. The lowest BCUT2D eigenvalue weighted by Gasteiger charge is -2.11. The van der Waals surface area contributed by atoms with Gasteiger partial charge in [-0.15, -0.1) is 0 Å². The largest absolute Gasteiger partial charge is 0.454 e. The maximum atomic E-state index is 12.8. The molecule has 2 heterocycles.